The van der Waals surface area contributed by atoms with Crippen LogP contribution in [-0.2, 0) is 0 Å². The van der Waals surface area contributed by atoms with Crippen LogP contribution >= 0.6 is 0 Å². The highest BCUT2D eigenvalue weighted by molar-refractivity contribution is 5.40. The zero-order valence-corrected chi connectivity index (χ0v) is 8.38. The standard InChI is InChI=1S/C11H14FNO/c1-7(2)13-10-6-14-11-8(10)4-3-5-9(11)12/h3-5,7,10,13H,6H2,1-2H3. The first kappa shape index (κ1) is 9.46. The Morgan fingerprint density at radius 1 is 1.50 bits per heavy atom. The van der Waals surface area contributed by atoms with Crippen molar-refractivity contribution in [3.05, 3.63) is 29.6 Å². The highest BCUT2D eigenvalue weighted by Gasteiger charge is 2.26. The molecule has 1 N–H and O–H groups in total. The molecule has 3 heteroatoms. The topological polar surface area (TPSA) is 21.3 Å². The van der Waals surface area contributed by atoms with Gasteiger partial charge in [0, 0.05) is 11.6 Å². The summed E-state index contributed by atoms with van der Waals surface area (Å²) in [5.41, 5.74) is 0.929. The molecule has 0 bridgehead atoms. The number of hydrogen-bond donors (Lipinski definition) is 1. The van der Waals surface area contributed by atoms with Crippen molar-refractivity contribution < 1.29 is 9.13 Å². The third kappa shape index (κ3) is 1.60. The van der Waals surface area contributed by atoms with Crippen molar-refractivity contribution in [3.63, 3.8) is 0 Å². The minimum atomic E-state index is -0.268. The second-order valence-electron chi connectivity index (χ2n) is 3.84. The molecular formula is C11H14FNO. The summed E-state index contributed by atoms with van der Waals surface area (Å²) in [6.45, 7) is 4.66. The number of halogens is 1. The van der Waals surface area contributed by atoms with E-state index in [1.165, 1.54) is 6.07 Å². The second-order valence-corrected chi connectivity index (χ2v) is 3.84. The average Bonchev–Trinajstić information content (AvgIpc) is 2.49. The summed E-state index contributed by atoms with van der Waals surface area (Å²) in [6.07, 6.45) is 0. The molecule has 14 heavy (non-hydrogen) atoms. The van der Waals surface area contributed by atoms with Crippen molar-refractivity contribution >= 4 is 0 Å². The summed E-state index contributed by atoms with van der Waals surface area (Å²) >= 11 is 0. The molecule has 0 saturated heterocycles. The Morgan fingerprint density at radius 2 is 2.29 bits per heavy atom. The number of nitrogens with one attached hydrogen (secondary N) is 1. The molecule has 1 aromatic rings. The van der Waals surface area contributed by atoms with E-state index in [1.807, 2.05) is 6.07 Å². The van der Waals surface area contributed by atoms with Gasteiger partial charge in [0.2, 0.25) is 0 Å². The fraction of sp³-hybridized carbons (Fsp3) is 0.455. The highest BCUT2D eigenvalue weighted by atomic mass is 19.1. The Morgan fingerprint density at radius 3 is 3.00 bits per heavy atom. The van der Waals surface area contributed by atoms with Gasteiger partial charge in [-0.15, -0.1) is 0 Å². The lowest BCUT2D eigenvalue weighted by Gasteiger charge is -2.14. The maximum atomic E-state index is 13.2. The summed E-state index contributed by atoms with van der Waals surface area (Å²) in [4.78, 5) is 0. The Hall–Kier alpha value is -1.09. The van der Waals surface area contributed by atoms with Crippen LogP contribution in [0.3, 0.4) is 0 Å². The molecule has 2 nitrogen and oxygen atoms in total. The van der Waals surface area contributed by atoms with Crippen LogP contribution in [0.1, 0.15) is 25.5 Å². The second kappa shape index (κ2) is 3.58. The normalized spacial score (nSPS) is 19.6. The van der Waals surface area contributed by atoms with Crippen molar-refractivity contribution in [1.29, 1.82) is 0 Å². The van der Waals surface area contributed by atoms with E-state index in [0.29, 0.717) is 18.4 Å². The van der Waals surface area contributed by atoms with Crippen LogP contribution in [0.2, 0.25) is 0 Å². The summed E-state index contributed by atoms with van der Waals surface area (Å²) in [7, 11) is 0. The third-order valence-electron chi connectivity index (χ3n) is 2.30. The molecule has 1 aliphatic heterocycles. The fourth-order valence-corrected chi connectivity index (χ4v) is 1.75. The van der Waals surface area contributed by atoms with E-state index in [0.717, 1.165) is 5.56 Å². The molecule has 2 rings (SSSR count). The van der Waals surface area contributed by atoms with Crippen molar-refractivity contribution in [1.82, 2.24) is 5.32 Å². The van der Waals surface area contributed by atoms with Crippen LogP contribution < -0.4 is 10.1 Å². The predicted molar refractivity (Wildman–Crippen MR) is 52.9 cm³/mol. The largest absolute Gasteiger partial charge is 0.488 e. The summed E-state index contributed by atoms with van der Waals surface area (Å²) in [6, 6.07) is 5.55. The van der Waals surface area contributed by atoms with Gasteiger partial charge in [0.25, 0.3) is 0 Å². The minimum Gasteiger partial charge on any atom is -0.488 e. The molecular weight excluding hydrogens is 181 g/mol. The molecule has 0 saturated carbocycles. The predicted octanol–water partition coefficient (Wildman–Crippen LogP) is 2.26. The molecule has 0 fully saturated rings. The monoisotopic (exact) mass is 195 g/mol. The molecule has 76 valence electrons. The Kier molecular flexibility index (Phi) is 2.42. The van der Waals surface area contributed by atoms with Crippen LogP contribution in [0.5, 0.6) is 5.75 Å². The van der Waals surface area contributed by atoms with Gasteiger partial charge in [-0.05, 0) is 6.07 Å². The highest BCUT2D eigenvalue weighted by Crippen LogP contribution is 2.34. The van der Waals surface area contributed by atoms with Crippen molar-refractivity contribution in [3.8, 4) is 5.75 Å². The van der Waals surface area contributed by atoms with E-state index in [1.54, 1.807) is 6.07 Å². The zero-order chi connectivity index (χ0) is 10.1. The Bertz CT molecular complexity index is 338. The lowest BCUT2D eigenvalue weighted by atomic mass is 10.1. The van der Waals surface area contributed by atoms with Crippen LogP contribution in [0.25, 0.3) is 0 Å². The van der Waals surface area contributed by atoms with Gasteiger partial charge in [0.15, 0.2) is 11.6 Å². The lowest BCUT2D eigenvalue weighted by molar-refractivity contribution is 0.293. The third-order valence-corrected chi connectivity index (χ3v) is 2.30. The van der Waals surface area contributed by atoms with E-state index in [2.05, 4.69) is 19.2 Å². The van der Waals surface area contributed by atoms with Crippen molar-refractivity contribution in [2.75, 3.05) is 6.61 Å². The number of benzene rings is 1. The molecule has 0 aromatic heterocycles. The summed E-state index contributed by atoms with van der Waals surface area (Å²) < 4.78 is 18.6. The van der Waals surface area contributed by atoms with Gasteiger partial charge in [-0.1, -0.05) is 26.0 Å². The fourth-order valence-electron chi connectivity index (χ4n) is 1.75. The molecule has 1 unspecified atom stereocenters. The molecule has 1 aromatic carbocycles. The number of ether oxygens (including phenoxy) is 1. The first-order valence-electron chi connectivity index (χ1n) is 4.85. The van der Waals surface area contributed by atoms with Gasteiger partial charge >= 0.3 is 0 Å². The van der Waals surface area contributed by atoms with E-state index in [-0.39, 0.29) is 11.9 Å². The molecule has 1 heterocycles. The van der Waals surface area contributed by atoms with Crippen molar-refractivity contribution in [2.45, 2.75) is 25.9 Å². The Labute approximate surface area is 83.1 Å². The van der Waals surface area contributed by atoms with Crippen LogP contribution in [-0.4, -0.2) is 12.6 Å². The van der Waals surface area contributed by atoms with E-state index in [9.17, 15) is 4.39 Å². The molecule has 0 aliphatic carbocycles. The first-order chi connectivity index (χ1) is 6.68. The van der Waals surface area contributed by atoms with Gasteiger partial charge in [0.05, 0.1) is 6.04 Å². The quantitative estimate of drug-likeness (QED) is 0.781. The van der Waals surface area contributed by atoms with E-state index >= 15 is 0 Å². The van der Waals surface area contributed by atoms with E-state index in [4.69, 9.17) is 4.74 Å². The molecule has 1 aliphatic rings. The van der Waals surface area contributed by atoms with Crippen LogP contribution in [0.15, 0.2) is 18.2 Å². The van der Waals surface area contributed by atoms with Crippen molar-refractivity contribution in [2.24, 2.45) is 0 Å². The van der Waals surface area contributed by atoms with Crippen LogP contribution in [0.4, 0.5) is 4.39 Å². The molecule has 1 atom stereocenters. The molecule has 0 spiro atoms. The zero-order valence-electron chi connectivity index (χ0n) is 8.38. The average molecular weight is 195 g/mol. The SMILES string of the molecule is CC(C)NC1COc2c(F)cccc21. The van der Waals surface area contributed by atoms with E-state index < -0.39 is 0 Å². The smallest absolute Gasteiger partial charge is 0.165 e. The number of fused-ring (bicyclic) bond motifs is 1. The van der Waals surface area contributed by atoms with Gasteiger partial charge in [-0.2, -0.15) is 0 Å². The maximum absolute atomic E-state index is 13.2. The minimum absolute atomic E-state index is 0.126. The first-order valence-corrected chi connectivity index (χ1v) is 4.85. The number of rotatable bonds is 2. The maximum Gasteiger partial charge on any atom is 0.165 e. The lowest BCUT2D eigenvalue weighted by Crippen LogP contribution is -2.28. The summed E-state index contributed by atoms with van der Waals surface area (Å²) in [5.74, 6) is 0.140. The Balaban J connectivity index is 2.26. The number of para-hydroxylation sites is 1. The van der Waals surface area contributed by atoms with Gasteiger partial charge in [0.1, 0.15) is 6.61 Å². The van der Waals surface area contributed by atoms with Gasteiger partial charge in [-0.25, -0.2) is 4.39 Å². The summed E-state index contributed by atoms with van der Waals surface area (Å²) in [5, 5.41) is 3.33. The van der Waals surface area contributed by atoms with Crippen LogP contribution in [0, 0.1) is 5.82 Å². The molecule has 0 radical (unpaired) electrons. The molecule has 0 amide bonds. The number of hydrogen-bond acceptors (Lipinski definition) is 2. The van der Waals surface area contributed by atoms with Gasteiger partial charge < -0.3 is 10.1 Å². The van der Waals surface area contributed by atoms with Gasteiger partial charge in [-0.3, -0.25) is 0 Å².